The minimum atomic E-state index is 0.541. The quantitative estimate of drug-likeness (QED) is 0.707. The minimum Gasteiger partial charge on any atom is -0.447 e. The van der Waals surface area contributed by atoms with Gasteiger partial charge in [0.1, 0.15) is 5.76 Å². The average molecular weight is 214 g/mol. The summed E-state index contributed by atoms with van der Waals surface area (Å²) in [6, 6.07) is 0.541. The van der Waals surface area contributed by atoms with Crippen LogP contribution in [-0.2, 0) is 6.54 Å². The highest BCUT2D eigenvalue weighted by molar-refractivity contribution is 7.99. The first kappa shape index (κ1) is 11.6. The summed E-state index contributed by atoms with van der Waals surface area (Å²) in [7, 11) is 0. The van der Waals surface area contributed by atoms with E-state index < -0.39 is 0 Å². The zero-order valence-electron chi connectivity index (χ0n) is 8.82. The minimum absolute atomic E-state index is 0.541. The Hall–Kier alpha value is -0.480. The molecule has 1 rings (SSSR count). The fraction of sp³-hybridized carbons (Fsp3) is 0.700. The van der Waals surface area contributed by atoms with Gasteiger partial charge in [0, 0.05) is 6.04 Å². The van der Waals surface area contributed by atoms with Gasteiger partial charge in [-0.2, -0.15) is 11.8 Å². The topological polar surface area (TPSA) is 38.1 Å². The third-order valence-electron chi connectivity index (χ3n) is 2.01. The second-order valence-corrected chi connectivity index (χ2v) is 4.63. The van der Waals surface area contributed by atoms with Gasteiger partial charge in [-0.25, -0.2) is 4.98 Å². The average Bonchev–Trinajstić information content (AvgIpc) is 2.68. The number of aromatic nitrogens is 1. The molecule has 1 atom stereocenters. The molecule has 1 aromatic rings. The van der Waals surface area contributed by atoms with Crippen molar-refractivity contribution in [2.75, 3.05) is 11.5 Å². The van der Waals surface area contributed by atoms with E-state index in [0.29, 0.717) is 6.04 Å². The lowest BCUT2D eigenvalue weighted by atomic mass is 10.2. The highest BCUT2D eigenvalue weighted by Crippen LogP contribution is 2.04. The fourth-order valence-corrected chi connectivity index (χ4v) is 1.92. The Balaban J connectivity index is 2.06. The van der Waals surface area contributed by atoms with Crippen molar-refractivity contribution in [1.29, 1.82) is 0 Å². The van der Waals surface area contributed by atoms with Crippen molar-refractivity contribution < 1.29 is 4.42 Å². The van der Waals surface area contributed by atoms with E-state index in [1.165, 1.54) is 24.3 Å². The highest BCUT2D eigenvalue weighted by Gasteiger charge is 2.02. The van der Waals surface area contributed by atoms with Crippen LogP contribution in [0.25, 0.3) is 0 Å². The lowest BCUT2D eigenvalue weighted by Crippen LogP contribution is -2.25. The summed E-state index contributed by atoms with van der Waals surface area (Å²) in [6.07, 6.45) is 4.42. The number of hydrogen-bond acceptors (Lipinski definition) is 4. The van der Waals surface area contributed by atoms with Crippen molar-refractivity contribution in [2.24, 2.45) is 0 Å². The first-order valence-electron chi connectivity index (χ1n) is 5.01. The normalized spacial score (nSPS) is 13.0. The van der Waals surface area contributed by atoms with Crippen LogP contribution in [0.4, 0.5) is 0 Å². The molecule has 0 spiro atoms. The molecule has 0 saturated carbocycles. The Kier molecular flexibility index (Phi) is 5.71. The number of rotatable bonds is 7. The molecule has 3 nitrogen and oxygen atoms in total. The zero-order chi connectivity index (χ0) is 10.2. The Labute approximate surface area is 89.7 Å². The SMILES string of the molecule is CCSCCC(C)NCc1cnco1. The van der Waals surface area contributed by atoms with Gasteiger partial charge in [0.05, 0.1) is 12.7 Å². The predicted molar refractivity (Wildman–Crippen MR) is 60.4 cm³/mol. The van der Waals surface area contributed by atoms with Crippen molar-refractivity contribution in [1.82, 2.24) is 10.3 Å². The molecular formula is C10H18N2OS. The molecular weight excluding hydrogens is 196 g/mol. The van der Waals surface area contributed by atoms with Gasteiger partial charge in [-0.3, -0.25) is 0 Å². The predicted octanol–water partition coefficient (Wildman–Crippen LogP) is 2.30. The molecule has 0 aliphatic carbocycles. The van der Waals surface area contributed by atoms with E-state index in [2.05, 4.69) is 24.1 Å². The van der Waals surface area contributed by atoms with Gasteiger partial charge in [0.25, 0.3) is 0 Å². The van der Waals surface area contributed by atoms with Crippen LogP contribution in [-0.4, -0.2) is 22.5 Å². The summed E-state index contributed by atoms with van der Waals surface area (Å²) < 4.78 is 5.13. The van der Waals surface area contributed by atoms with Crippen LogP contribution < -0.4 is 5.32 Å². The molecule has 0 radical (unpaired) electrons. The molecule has 1 N–H and O–H groups in total. The molecule has 1 aromatic heterocycles. The monoisotopic (exact) mass is 214 g/mol. The Bertz CT molecular complexity index is 226. The Morgan fingerprint density at radius 3 is 3.14 bits per heavy atom. The number of nitrogens with one attached hydrogen (secondary N) is 1. The van der Waals surface area contributed by atoms with Crippen molar-refractivity contribution in [3.8, 4) is 0 Å². The second-order valence-electron chi connectivity index (χ2n) is 3.24. The van der Waals surface area contributed by atoms with E-state index in [1.54, 1.807) is 6.20 Å². The standard InChI is InChI=1S/C10H18N2OS/c1-3-14-5-4-9(2)12-7-10-6-11-8-13-10/h6,8-9,12H,3-5,7H2,1-2H3. The zero-order valence-corrected chi connectivity index (χ0v) is 9.64. The van der Waals surface area contributed by atoms with E-state index >= 15 is 0 Å². The van der Waals surface area contributed by atoms with Gasteiger partial charge in [-0.1, -0.05) is 6.92 Å². The Morgan fingerprint density at radius 2 is 2.50 bits per heavy atom. The molecule has 0 aliphatic heterocycles. The van der Waals surface area contributed by atoms with Crippen LogP contribution in [0.1, 0.15) is 26.0 Å². The molecule has 0 aromatic carbocycles. The summed E-state index contributed by atoms with van der Waals surface area (Å²) in [5.74, 6) is 3.33. The van der Waals surface area contributed by atoms with E-state index in [9.17, 15) is 0 Å². The van der Waals surface area contributed by atoms with Crippen molar-refractivity contribution in [3.05, 3.63) is 18.4 Å². The number of nitrogens with zero attached hydrogens (tertiary/aromatic N) is 1. The van der Waals surface area contributed by atoms with Gasteiger partial charge < -0.3 is 9.73 Å². The third-order valence-corrected chi connectivity index (χ3v) is 2.94. The first-order chi connectivity index (χ1) is 6.83. The van der Waals surface area contributed by atoms with E-state index in [-0.39, 0.29) is 0 Å². The maximum absolute atomic E-state index is 5.13. The number of hydrogen-bond donors (Lipinski definition) is 1. The summed E-state index contributed by atoms with van der Waals surface area (Å²) in [5.41, 5.74) is 0. The van der Waals surface area contributed by atoms with E-state index in [4.69, 9.17) is 4.42 Å². The van der Waals surface area contributed by atoms with Gasteiger partial charge >= 0.3 is 0 Å². The molecule has 0 fully saturated rings. The van der Waals surface area contributed by atoms with Crippen LogP contribution in [0, 0.1) is 0 Å². The molecule has 0 amide bonds. The van der Waals surface area contributed by atoms with Crippen LogP contribution in [0.5, 0.6) is 0 Å². The lowest BCUT2D eigenvalue weighted by molar-refractivity contribution is 0.449. The molecule has 0 saturated heterocycles. The summed E-state index contributed by atoms with van der Waals surface area (Å²) in [6.45, 7) is 5.17. The van der Waals surface area contributed by atoms with Gasteiger partial charge in [0.15, 0.2) is 6.39 Å². The van der Waals surface area contributed by atoms with Crippen LogP contribution in [0.2, 0.25) is 0 Å². The van der Waals surface area contributed by atoms with Crippen LogP contribution in [0.15, 0.2) is 17.0 Å². The lowest BCUT2D eigenvalue weighted by Gasteiger charge is -2.11. The first-order valence-corrected chi connectivity index (χ1v) is 6.17. The molecule has 14 heavy (non-hydrogen) atoms. The maximum atomic E-state index is 5.13. The van der Waals surface area contributed by atoms with Gasteiger partial charge in [-0.15, -0.1) is 0 Å². The van der Waals surface area contributed by atoms with Gasteiger partial charge in [0.2, 0.25) is 0 Å². The summed E-state index contributed by atoms with van der Waals surface area (Å²) in [5, 5.41) is 3.40. The highest BCUT2D eigenvalue weighted by atomic mass is 32.2. The molecule has 1 unspecified atom stereocenters. The second kappa shape index (κ2) is 6.90. The van der Waals surface area contributed by atoms with Crippen molar-refractivity contribution in [2.45, 2.75) is 32.9 Å². The van der Waals surface area contributed by atoms with Crippen LogP contribution >= 0.6 is 11.8 Å². The third kappa shape index (κ3) is 4.67. The Morgan fingerprint density at radius 1 is 1.64 bits per heavy atom. The number of oxazole rings is 1. The van der Waals surface area contributed by atoms with Gasteiger partial charge in [-0.05, 0) is 24.9 Å². The van der Waals surface area contributed by atoms with Crippen molar-refractivity contribution >= 4 is 11.8 Å². The molecule has 4 heteroatoms. The summed E-state index contributed by atoms with van der Waals surface area (Å²) in [4.78, 5) is 3.86. The van der Waals surface area contributed by atoms with E-state index in [1.807, 2.05) is 11.8 Å². The van der Waals surface area contributed by atoms with E-state index in [0.717, 1.165) is 12.3 Å². The fourth-order valence-electron chi connectivity index (χ4n) is 1.11. The number of thioether (sulfide) groups is 1. The molecule has 80 valence electrons. The van der Waals surface area contributed by atoms with Crippen LogP contribution in [0.3, 0.4) is 0 Å². The maximum Gasteiger partial charge on any atom is 0.180 e. The molecule has 1 heterocycles. The smallest absolute Gasteiger partial charge is 0.180 e. The van der Waals surface area contributed by atoms with Crippen molar-refractivity contribution in [3.63, 3.8) is 0 Å². The largest absolute Gasteiger partial charge is 0.447 e. The summed E-state index contributed by atoms with van der Waals surface area (Å²) >= 11 is 1.98. The molecule has 0 bridgehead atoms. The molecule has 0 aliphatic rings.